The quantitative estimate of drug-likeness (QED) is 0.551. The second kappa shape index (κ2) is 3.55. The highest BCUT2D eigenvalue weighted by molar-refractivity contribution is 5.87. The van der Waals surface area contributed by atoms with Gasteiger partial charge in [-0.3, -0.25) is 4.79 Å². The molecule has 0 saturated carbocycles. The molecule has 0 unspecified atom stereocenters. The van der Waals surface area contributed by atoms with E-state index in [9.17, 15) is 4.79 Å². The van der Waals surface area contributed by atoms with Crippen LogP contribution in [0.5, 0.6) is 0 Å². The van der Waals surface area contributed by atoms with Crippen molar-refractivity contribution in [2.45, 2.75) is 34.1 Å². The van der Waals surface area contributed by atoms with E-state index in [2.05, 4.69) is 20.8 Å². The molecule has 0 atom stereocenters. The predicted octanol–water partition coefficient (Wildman–Crippen LogP) is 2.57. The zero-order valence-electron chi connectivity index (χ0n) is 7.27. The molecule has 0 radical (unpaired) electrons. The van der Waals surface area contributed by atoms with E-state index < -0.39 is 0 Å². The minimum Gasteiger partial charge on any atom is -0.295 e. The first-order valence-electron chi connectivity index (χ1n) is 3.68. The van der Waals surface area contributed by atoms with Crippen LogP contribution in [0.1, 0.15) is 34.1 Å². The van der Waals surface area contributed by atoms with Gasteiger partial charge in [-0.2, -0.15) is 0 Å². The molecule has 0 bridgehead atoms. The van der Waals surface area contributed by atoms with E-state index in [1.807, 2.05) is 6.08 Å². The van der Waals surface area contributed by atoms with Crippen molar-refractivity contribution in [3.63, 3.8) is 0 Å². The van der Waals surface area contributed by atoms with Gasteiger partial charge in [0.2, 0.25) is 0 Å². The molecule has 10 heavy (non-hydrogen) atoms. The van der Waals surface area contributed by atoms with E-state index in [4.69, 9.17) is 0 Å². The maximum Gasteiger partial charge on any atom is 0.152 e. The Labute approximate surface area is 63.1 Å². The number of hydrogen-bond donors (Lipinski definition) is 0. The van der Waals surface area contributed by atoms with Crippen molar-refractivity contribution in [3.8, 4) is 0 Å². The molecule has 0 aromatic heterocycles. The molecule has 0 N–H and O–H groups in total. The first-order valence-corrected chi connectivity index (χ1v) is 3.68. The smallest absolute Gasteiger partial charge is 0.152 e. The summed E-state index contributed by atoms with van der Waals surface area (Å²) in [5, 5.41) is 0. The molecule has 0 saturated heterocycles. The fourth-order valence-corrected chi connectivity index (χ4v) is 0.461. The Bertz CT molecular complexity index is 143. The molecule has 0 aliphatic carbocycles. The molecule has 0 amide bonds. The van der Waals surface area contributed by atoms with Gasteiger partial charge in [0, 0.05) is 0 Å². The Hall–Kier alpha value is -0.590. The Kier molecular flexibility index (Phi) is 3.34. The minimum absolute atomic E-state index is 0.126. The molecule has 0 aliphatic rings. The number of allylic oxidation sites excluding steroid dienone is 2. The summed E-state index contributed by atoms with van der Waals surface area (Å²) in [6, 6.07) is 0. The van der Waals surface area contributed by atoms with Crippen LogP contribution < -0.4 is 0 Å². The van der Waals surface area contributed by atoms with Crippen molar-refractivity contribution in [1.82, 2.24) is 0 Å². The average Bonchev–Trinajstić information content (AvgIpc) is 1.85. The van der Waals surface area contributed by atoms with Gasteiger partial charge in [0.1, 0.15) is 0 Å². The zero-order valence-corrected chi connectivity index (χ0v) is 7.27. The normalized spacial score (nSPS) is 12.4. The average molecular weight is 140 g/mol. The van der Waals surface area contributed by atoms with Crippen molar-refractivity contribution in [2.75, 3.05) is 0 Å². The molecular weight excluding hydrogens is 124 g/mol. The SMILES string of the molecule is CCC(C)(C)/C=C/C(C)=O. The van der Waals surface area contributed by atoms with Crippen molar-refractivity contribution < 1.29 is 4.79 Å². The topological polar surface area (TPSA) is 17.1 Å². The number of hydrogen-bond acceptors (Lipinski definition) is 1. The van der Waals surface area contributed by atoms with Crippen LogP contribution in [0.2, 0.25) is 0 Å². The van der Waals surface area contributed by atoms with Gasteiger partial charge in [0.25, 0.3) is 0 Å². The third kappa shape index (κ3) is 4.30. The minimum atomic E-state index is 0.126. The lowest BCUT2D eigenvalue weighted by Gasteiger charge is -2.15. The second-order valence-corrected chi connectivity index (χ2v) is 3.29. The van der Waals surface area contributed by atoms with Crippen molar-refractivity contribution >= 4 is 5.78 Å². The van der Waals surface area contributed by atoms with Gasteiger partial charge in [0.15, 0.2) is 5.78 Å². The van der Waals surface area contributed by atoms with E-state index in [1.165, 1.54) is 0 Å². The van der Waals surface area contributed by atoms with Gasteiger partial charge in [-0.15, -0.1) is 0 Å². The highest BCUT2D eigenvalue weighted by Gasteiger charge is 2.09. The van der Waals surface area contributed by atoms with E-state index in [0.717, 1.165) is 6.42 Å². The van der Waals surface area contributed by atoms with Crippen LogP contribution in [0.4, 0.5) is 0 Å². The summed E-state index contributed by atoms with van der Waals surface area (Å²) in [7, 11) is 0. The molecule has 1 nitrogen and oxygen atoms in total. The molecule has 0 heterocycles. The standard InChI is InChI=1S/C9H16O/c1-5-9(3,4)7-6-8(2)10/h6-7H,5H2,1-4H3/b7-6+. The Morgan fingerprint density at radius 2 is 2.00 bits per heavy atom. The first kappa shape index (κ1) is 9.41. The molecule has 0 rings (SSSR count). The summed E-state index contributed by atoms with van der Waals surface area (Å²) >= 11 is 0. The predicted molar refractivity (Wildman–Crippen MR) is 43.9 cm³/mol. The second-order valence-electron chi connectivity index (χ2n) is 3.29. The van der Waals surface area contributed by atoms with Crippen molar-refractivity contribution in [3.05, 3.63) is 12.2 Å². The van der Waals surface area contributed by atoms with E-state index in [-0.39, 0.29) is 11.2 Å². The summed E-state index contributed by atoms with van der Waals surface area (Å²) < 4.78 is 0. The lowest BCUT2D eigenvalue weighted by molar-refractivity contribution is -0.112. The number of rotatable bonds is 3. The Morgan fingerprint density at radius 1 is 1.50 bits per heavy atom. The summed E-state index contributed by atoms with van der Waals surface area (Å²) in [6.07, 6.45) is 4.68. The molecule has 1 heteroatoms. The summed E-state index contributed by atoms with van der Waals surface area (Å²) in [5.41, 5.74) is 0.172. The highest BCUT2D eigenvalue weighted by Crippen LogP contribution is 2.20. The Morgan fingerprint density at radius 3 is 2.30 bits per heavy atom. The molecule has 0 spiro atoms. The molecule has 0 aliphatic heterocycles. The highest BCUT2D eigenvalue weighted by atomic mass is 16.1. The van der Waals surface area contributed by atoms with Crippen LogP contribution in [0.25, 0.3) is 0 Å². The van der Waals surface area contributed by atoms with Gasteiger partial charge in [-0.1, -0.05) is 26.8 Å². The molecule has 58 valence electrons. The summed E-state index contributed by atoms with van der Waals surface area (Å²) in [5.74, 6) is 0.126. The van der Waals surface area contributed by atoms with E-state index in [1.54, 1.807) is 13.0 Å². The lowest BCUT2D eigenvalue weighted by atomic mass is 9.90. The van der Waals surface area contributed by atoms with Crippen LogP contribution in [0.15, 0.2) is 12.2 Å². The fraction of sp³-hybridized carbons (Fsp3) is 0.667. The van der Waals surface area contributed by atoms with Crippen molar-refractivity contribution in [2.24, 2.45) is 5.41 Å². The van der Waals surface area contributed by atoms with Gasteiger partial charge >= 0.3 is 0 Å². The van der Waals surface area contributed by atoms with E-state index in [0.29, 0.717) is 0 Å². The maximum atomic E-state index is 10.5. The first-order chi connectivity index (χ1) is 4.48. The van der Waals surface area contributed by atoms with Gasteiger partial charge in [0.05, 0.1) is 0 Å². The maximum absolute atomic E-state index is 10.5. The van der Waals surface area contributed by atoms with Crippen LogP contribution in [-0.2, 0) is 4.79 Å². The fourth-order valence-electron chi connectivity index (χ4n) is 0.461. The van der Waals surface area contributed by atoms with Gasteiger partial charge in [-0.05, 0) is 24.8 Å². The van der Waals surface area contributed by atoms with Crippen LogP contribution in [-0.4, -0.2) is 5.78 Å². The monoisotopic (exact) mass is 140 g/mol. The third-order valence-electron chi connectivity index (χ3n) is 1.68. The largest absolute Gasteiger partial charge is 0.295 e. The van der Waals surface area contributed by atoms with Crippen LogP contribution in [0, 0.1) is 5.41 Å². The molecule has 0 aromatic rings. The number of carbonyl (C=O) groups excluding carboxylic acids is 1. The zero-order chi connectivity index (χ0) is 8.20. The van der Waals surface area contributed by atoms with Gasteiger partial charge in [-0.25, -0.2) is 0 Å². The number of carbonyl (C=O) groups is 1. The lowest BCUT2D eigenvalue weighted by Crippen LogP contribution is -2.04. The molecule has 0 aromatic carbocycles. The van der Waals surface area contributed by atoms with Gasteiger partial charge < -0.3 is 0 Å². The van der Waals surface area contributed by atoms with Crippen LogP contribution >= 0.6 is 0 Å². The summed E-state index contributed by atoms with van der Waals surface area (Å²) in [6.45, 7) is 7.92. The molecular formula is C9H16O. The summed E-state index contributed by atoms with van der Waals surface area (Å²) in [4.78, 5) is 10.5. The van der Waals surface area contributed by atoms with Crippen molar-refractivity contribution in [1.29, 1.82) is 0 Å². The van der Waals surface area contributed by atoms with Crippen LogP contribution in [0.3, 0.4) is 0 Å². The van der Waals surface area contributed by atoms with E-state index >= 15 is 0 Å². The third-order valence-corrected chi connectivity index (χ3v) is 1.68. The molecule has 0 fully saturated rings. The Balaban J connectivity index is 3.99. The number of ketones is 1.